The molecule has 168 valence electrons. The van der Waals surface area contributed by atoms with Crippen molar-refractivity contribution in [2.24, 2.45) is 4.99 Å². The Bertz CT molecular complexity index is 748. The number of carbonyl (C=O) groups excluding carboxylic acids is 1. The van der Waals surface area contributed by atoms with Crippen LogP contribution in [0.15, 0.2) is 23.2 Å². The fraction of sp³-hybridized carbons (Fsp3) is 0.619. The van der Waals surface area contributed by atoms with E-state index < -0.39 is 11.6 Å². The largest absolute Gasteiger partial charge is 0.367 e. The van der Waals surface area contributed by atoms with Crippen LogP contribution in [0.25, 0.3) is 0 Å². The summed E-state index contributed by atoms with van der Waals surface area (Å²) < 4.78 is 27.2. The number of aliphatic imine (C=N–C) groups is 1. The molecule has 0 bridgehead atoms. The minimum atomic E-state index is -0.564. The van der Waals surface area contributed by atoms with E-state index in [1.807, 2.05) is 9.80 Å². The minimum absolute atomic E-state index is 0. The first-order chi connectivity index (χ1) is 14.0. The van der Waals surface area contributed by atoms with Crippen LogP contribution in [0.4, 0.5) is 14.5 Å². The van der Waals surface area contributed by atoms with Crippen molar-refractivity contribution in [3.05, 3.63) is 29.8 Å². The monoisotopic (exact) mass is 535 g/mol. The number of carbonyl (C=O) groups is 1. The Hall–Kier alpha value is -1.65. The molecule has 3 rings (SSSR count). The van der Waals surface area contributed by atoms with Crippen molar-refractivity contribution in [3.63, 3.8) is 0 Å². The molecular weight excluding hydrogens is 503 g/mol. The molecule has 2 fully saturated rings. The van der Waals surface area contributed by atoms with E-state index in [-0.39, 0.29) is 42.0 Å². The molecule has 1 aromatic rings. The van der Waals surface area contributed by atoms with Gasteiger partial charge in [-0.3, -0.25) is 9.79 Å². The number of halogens is 3. The smallest absolute Gasteiger partial charge is 0.222 e. The van der Waals surface area contributed by atoms with Crippen LogP contribution in [0.1, 0.15) is 39.0 Å². The second-order valence-corrected chi connectivity index (χ2v) is 7.71. The van der Waals surface area contributed by atoms with Gasteiger partial charge in [-0.25, -0.2) is 8.78 Å². The van der Waals surface area contributed by atoms with E-state index in [0.717, 1.165) is 44.8 Å². The van der Waals surface area contributed by atoms with E-state index in [1.54, 1.807) is 7.05 Å². The molecule has 2 aliphatic rings. The SMILES string of the molecule is CCC(CCNC(=NC)NC1CCN(c2ccc(F)cc2F)C1)N1CCCC1=O.I. The molecule has 6 nitrogen and oxygen atoms in total. The Kier molecular flexibility index (Phi) is 9.57. The summed E-state index contributed by atoms with van der Waals surface area (Å²) in [6.45, 7) is 5.04. The summed E-state index contributed by atoms with van der Waals surface area (Å²) in [5.74, 6) is -0.126. The van der Waals surface area contributed by atoms with E-state index in [4.69, 9.17) is 0 Å². The number of hydrogen-bond acceptors (Lipinski definition) is 3. The molecule has 0 aliphatic carbocycles. The normalized spacial score (nSPS) is 20.3. The molecule has 2 aliphatic heterocycles. The summed E-state index contributed by atoms with van der Waals surface area (Å²) in [6.07, 6.45) is 4.29. The lowest BCUT2D eigenvalue weighted by atomic mass is 10.1. The van der Waals surface area contributed by atoms with Crippen molar-refractivity contribution >= 4 is 41.5 Å². The van der Waals surface area contributed by atoms with E-state index in [0.29, 0.717) is 31.2 Å². The van der Waals surface area contributed by atoms with E-state index in [2.05, 4.69) is 22.5 Å². The first kappa shape index (κ1) is 24.6. The molecule has 1 amide bonds. The van der Waals surface area contributed by atoms with Crippen molar-refractivity contribution in [2.75, 3.05) is 38.1 Å². The predicted octanol–water partition coefficient (Wildman–Crippen LogP) is 3.12. The first-order valence-electron chi connectivity index (χ1n) is 10.5. The number of rotatable bonds is 7. The average Bonchev–Trinajstić information content (AvgIpc) is 3.33. The van der Waals surface area contributed by atoms with Gasteiger partial charge in [0.1, 0.15) is 11.6 Å². The summed E-state index contributed by atoms with van der Waals surface area (Å²) in [6, 6.07) is 4.10. The van der Waals surface area contributed by atoms with Gasteiger partial charge in [-0.2, -0.15) is 0 Å². The van der Waals surface area contributed by atoms with Crippen molar-refractivity contribution in [2.45, 2.75) is 51.1 Å². The summed E-state index contributed by atoms with van der Waals surface area (Å²) in [5.41, 5.74) is 0.430. The highest BCUT2D eigenvalue weighted by Crippen LogP contribution is 2.24. The van der Waals surface area contributed by atoms with Gasteiger partial charge < -0.3 is 20.4 Å². The highest BCUT2D eigenvalue weighted by atomic mass is 127. The van der Waals surface area contributed by atoms with Gasteiger partial charge in [-0.15, -0.1) is 24.0 Å². The molecule has 0 spiro atoms. The number of guanidine groups is 1. The van der Waals surface area contributed by atoms with Crippen molar-refractivity contribution in [3.8, 4) is 0 Å². The highest BCUT2D eigenvalue weighted by molar-refractivity contribution is 14.0. The van der Waals surface area contributed by atoms with Gasteiger partial charge in [0, 0.05) is 57.8 Å². The standard InChI is InChI=1S/C21H31F2N5O.HI/c1-3-17(28-11-4-5-20(28)29)8-10-25-21(24-2)26-16-9-12-27(14-16)19-7-6-15(22)13-18(19)23;/h6-7,13,16-17H,3-5,8-12,14H2,1-2H3,(H2,24,25,26);1H. The Morgan fingerprint density at radius 2 is 2.13 bits per heavy atom. The quantitative estimate of drug-likeness (QED) is 0.320. The third-order valence-electron chi connectivity index (χ3n) is 5.80. The number of likely N-dealkylation sites (tertiary alicyclic amines) is 1. The fourth-order valence-corrected chi connectivity index (χ4v) is 4.22. The molecule has 1 aromatic carbocycles. The predicted molar refractivity (Wildman–Crippen MR) is 127 cm³/mol. The lowest BCUT2D eigenvalue weighted by Gasteiger charge is -2.27. The number of nitrogens with zero attached hydrogens (tertiary/aromatic N) is 3. The van der Waals surface area contributed by atoms with Crippen molar-refractivity contribution in [1.82, 2.24) is 15.5 Å². The van der Waals surface area contributed by atoms with Gasteiger partial charge in [-0.1, -0.05) is 6.92 Å². The summed E-state index contributed by atoms with van der Waals surface area (Å²) in [4.78, 5) is 20.2. The Labute approximate surface area is 194 Å². The number of anilines is 1. The molecule has 2 unspecified atom stereocenters. The zero-order valence-corrected chi connectivity index (χ0v) is 20.0. The summed E-state index contributed by atoms with van der Waals surface area (Å²) in [7, 11) is 1.73. The number of benzene rings is 1. The Balaban J connectivity index is 0.00000320. The van der Waals surface area contributed by atoms with Gasteiger partial charge in [0.05, 0.1) is 5.69 Å². The topological polar surface area (TPSA) is 60.0 Å². The average molecular weight is 535 g/mol. The second kappa shape index (κ2) is 11.7. The van der Waals surface area contributed by atoms with Gasteiger partial charge >= 0.3 is 0 Å². The molecule has 0 aromatic heterocycles. The van der Waals surface area contributed by atoms with Crippen LogP contribution in [-0.4, -0.2) is 62.1 Å². The first-order valence-corrected chi connectivity index (χ1v) is 10.5. The van der Waals surface area contributed by atoms with Crippen molar-refractivity contribution < 1.29 is 13.6 Å². The minimum Gasteiger partial charge on any atom is -0.367 e. The maximum atomic E-state index is 14.0. The summed E-state index contributed by atoms with van der Waals surface area (Å²) >= 11 is 0. The van der Waals surface area contributed by atoms with Gasteiger partial charge in [0.2, 0.25) is 5.91 Å². The zero-order valence-electron chi connectivity index (χ0n) is 17.7. The third-order valence-corrected chi connectivity index (χ3v) is 5.80. The third kappa shape index (κ3) is 6.18. The molecule has 2 heterocycles. The fourth-order valence-electron chi connectivity index (χ4n) is 4.22. The van der Waals surface area contributed by atoms with E-state index in [9.17, 15) is 13.6 Å². The molecule has 9 heteroatoms. The van der Waals surface area contributed by atoms with Crippen LogP contribution >= 0.6 is 24.0 Å². The highest BCUT2D eigenvalue weighted by Gasteiger charge is 2.27. The van der Waals surface area contributed by atoms with Crippen LogP contribution in [-0.2, 0) is 4.79 Å². The lowest BCUT2D eigenvalue weighted by molar-refractivity contribution is -0.129. The number of amides is 1. The molecule has 2 atom stereocenters. The maximum absolute atomic E-state index is 14.0. The van der Waals surface area contributed by atoms with Crippen LogP contribution in [0.5, 0.6) is 0 Å². The number of hydrogen-bond donors (Lipinski definition) is 2. The second-order valence-electron chi connectivity index (χ2n) is 7.71. The van der Waals surface area contributed by atoms with Gasteiger partial charge in [0.25, 0.3) is 0 Å². The van der Waals surface area contributed by atoms with E-state index in [1.165, 1.54) is 12.1 Å². The molecule has 30 heavy (non-hydrogen) atoms. The lowest BCUT2D eigenvalue weighted by Crippen LogP contribution is -2.46. The van der Waals surface area contributed by atoms with Crippen molar-refractivity contribution in [1.29, 1.82) is 0 Å². The van der Waals surface area contributed by atoms with Crippen LogP contribution < -0.4 is 15.5 Å². The van der Waals surface area contributed by atoms with Crippen LogP contribution in [0.3, 0.4) is 0 Å². The van der Waals surface area contributed by atoms with E-state index >= 15 is 0 Å². The van der Waals surface area contributed by atoms with Gasteiger partial charge in [-0.05, 0) is 37.8 Å². The zero-order chi connectivity index (χ0) is 20.8. The van der Waals surface area contributed by atoms with Crippen LogP contribution in [0.2, 0.25) is 0 Å². The summed E-state index contributed by atoms with van der Waals surface area (Å²) in [5, 5.41) is 6.72. The van der Waals surface area contributed by atoms with Gasteiger partial charge in [0.15, 0.2) is 5.96 Å². The Morgan fingerprint density at radius 1 is 1.33 bits per heavy atom. The molecule has 0 saturated carbocycles. The molecule has 0 radical (unpaired) electrons. The molecular formula is C21H32F2IN5O. The number of nitrogens with one attached hydrogen (secondary N) is 2. The maximum Gasteiger partial charge on any atom is 0.222 e. The van der Waals surface area contributed by atoms with Crippen LogP contribution in [0, 0.1) is 11.6 Å². The molecule has 2 saturated heterocycles. The Morgan fingerprint density at radius 3 is 2.77 bits per heavy atom. The molecule has 2 N–H and O–H groups in total.